The number of benzene rings is 2. The van der Waals surface area contributed by atoms with Crippen LogP contribution in [0.3, 0.4) is 0 Å². The summed E-state index contributed by atoms with van der Waals surface area (Å²) in [7, 11) is 5.35. The maximum absolute atomic E-state index is 12.1. The number of hydrogen-bond donors (Lipinski definition) is 2. The molecular formula is C25H36IN5O. The highest BCUT2D eigenvalue weighted by atomic mass is 127. The van der Waals surface area contributed by atoms with Crippen LogP contribution in [0.25, 0.3) is 0 Å². The van der Waals surface area contributed by atoms with E-state index in [1.807, 2.05) is 18.2 Å². The van der Waals surface area contributed by atoms with Crippen molar-refractivity contribution >= 4 is 35.8 Å². The van der Waals surface area contributed by atoms with Gasteiger partial charge in [-0.1, -0.05) is 36.4 Å². The number of carbonyl (C=O) groups is 1. The lowest BCUT2D eigenvalue weighted by molar-refractivity contribution is 0.0827. The van der Waals surface area contributed by atoms with Crippen LogP contribution in [0.2, 0.25) is 0 Å². The molecule has 0 saturated carbocycles. The lowest BCUT2D eigenvalue weighted by atomic mass is 10.00. The summed E-state index contributed by atoms with van der Waals surface area (Å²) in [5.41, 5.74) is 4.83. The first-order valence-corrected chi connectivity index (χ1v) is 11.1. The normalized spacial score (nSPS) is 13.7. The topological polar surface area (TPSA) is 60.0 Å². The number of guanidine groups is 1. The zero-order valence-electron chi connectivity index (χ0n) is 19.4. The van der Waals surface area contributed by atoms with E-state index in [0.717, 1.165) is 69.1 Å². The van der Waals surface area contributed by atoms with Gasteiger partial charge in [0.05, 0.1) is 0 Å². The molecule has 0 fully saturated rings. The van der Waals surface area contributed by atoms with Gasteiger partial charge >= 0.3 is 0 Å². The molecule has 1 heterocycles. The van der Waals surface area contributed by atoms with Crippen LogP contribution in [0.4, 0.5) is 0 Å². The van der Waals surface area contributed by atoms with E-state index in [1.54, 1.807) is 26.0 Å². The van der Waals surface area contributed by atoms with Crippen LogP contribution in [0.5, 0.6) is 0 Å². The summed E-state index contributed by atoms with van der Waals surface area (Å²) >= 11 is 0. The number of carbonyl (C=O) groups excluding carboxylic acids is 1. The summed E-state index contributed by atoms with van der Waals surface area (Å²) in [4.78, 5) is 20.6. The Balaban J connectivity index is 0.00000363. The van der Waals surface area contributed by atoms with Gasteiger partial charge < -0.3 is 15.5 Å². The van der Waals surface area contributed by atoms with E-state index in [9.17, 15) is 4.79 Å². The molecule has 2 aromatic rings. The second kappa shape index (κ2) is 13.4. The van der Waals surface area contributed by atoms with Gasteiger partial charge in [-0.05, 0) is 48.1 Å². The van der Waals surface area contributed by atoms with Crippen LogP contribution in [-0.4, -0.2) is 69.0 Å². The number of hydrogen-bond acceptors (Lipinski definition) is 3. The Morgan fingerprint density at radius 2 is 1.81 bits per heavy atom. The smallest absolute Gasteiger partial charge is 0.253 e. The highest BCUT2D eigenvalue weighted by Gasteiger charge is 2.14. The fourth-order valence-electron chi connectivity index (χ4n) is 3.92. The second-order valence-corrected chi connectivity index (χ2v) is 8.22. The number of nitrogens with zero attached hydrogens (tertiary/aromatic N) is 3. The van der Waals surface area contributed by atoms with Crippen molar-refractivity contribution in [1.82, 2.24) is 20.4 Å². The van der Waals surface area contributed by atoms with Crippen LogP contribution in [0.1, 0.15) is 33.5 Å². The molecule has 0 radical (unpaired) electrons. The Morgan fingerprint density at radius 1 is 1.06 bits per heavy atom. The molecule has 174 valence electrons. The summed E-state index contributed by atoms with van der Waals surface area (Å²) in [6.45, 7) is 4.94. The number of halogens is 1. The average Bonchev–Trinajstić information content (AvgIpc) is 2.80. The van der Waals surface area contributed by atoms with Crippen LogP contribution in [-0.2, 0) is 19.4 Å². The van der Waals surface area contributed by atoms with E-state index in [-0.39, 0.29) is 29.9 Å². The van der Waals surface area contributed by atoms with Crippen molar-refractivity contribution in [3.63, 3.8) is 0 Å². The summed E-state index contributed by atoms with van der Waals surface area (Å²) in [6, 6.07) is 16.6. The van der Waals surface area contributed by atoms with E-state index in [0.29, 0.717) is 0 Å². The average molecular weight is 550 g/mol. The molecule has 0 bridgehead atoms. The van der Waals surface area contributed by atoms with Crippen molar-refractivity contribution in [2.45, 2.75) is 25.8 Å². The predicted octanol–water partition coefficient (Wildman–Crippen LogP) is 3.16. The van der Waals surface area contributed by atoms with Crippen molar-refractivity contribution in [3.8, 4) is 0 Å². The van der Waals surface area contributed by atoms with Gasteiger partial charge in [0.15, 0.2) is 5.96 Å². The predicted molar refractivity (Wildman–Crippen MR) is 143 cm³/mol. The van der Waals surface area contributed by atoms with Crippen molar-refractivity contribution in [3.05, 3.63) is 70.8 Å². The zero-order chi connectivity index (χ0) is 22.1. The lowest BCUT2D eigenvalue weighted by Crippen LogP contribution is -2.40. The molecular weight excluding hydrogens is 513 g/mol. The Labute approximate surface area is 209 Å². The Morgan fingerprint density at radius 3 is 2.56 bits per heavy atom. The number of fused-ring (bicyclic) bond motifs is 1. The van der Waals surface area contributed by atoms with E-state index in [1.165, 1.54) is 11.1 Å². The molecule has 0 unspecified atom stereocenters. The summed E-state index contributed by atoms with van der Waals surface area (Å²) in [5.74, 6) is 0.856. The van der Waals surface area contributed by atoms with E-state index < -0.39 is 0 Å². The van der Waals surface area contributed by atoms with Crippen molar-refractivity contribution < 1.29 is 4.79 Å². The molecule has 1 amide bonds. The molecule has 32 heavy (non-hydrogen) atoms. The monoisotopic (exact) mass is 549 g/mol. The largest absolute Gasteiger partial charge is 0.356 e. The first kappa shape index (κ1) is 26.1. The molecule has 7 heteroatoms. The highest BCUT2D eigenvalue weighted by Crippen LogP contribution is 2.18. The molecule has 0 saturated heterocycles. The molecule has 2 N–H and O–H groups in total. The first-order valence-electron chi connectivity index (χ1n) is 11.1. The molecule has 0 atom stereocenters. The fraction of sp³-hybridized carbons (Fsp3) is 0.440. The van der Waals surface area contributed by atoms with Crippen LogP contribution >= 0.6 is 24.0 Å². The highest BCUT2D eigenvalue weighted by molar-refractivity contribution is 14.0. The van der Waals surface area contributed by atoms with Gasteiger partial charge in [0, 0.05) is 59.4 Å². The van der Waals surface area contributed by atoms with Gasteiger partial charge in [-0.2, -0.15) is 0 Å². The number of amides is 1. The molecule has 1 aliphatic heterocycles. The lowest BCUT2D eigenvalue weighted by Gasteiger charge is -2.28. The summed E-state index contributed by atoms with van der Waals surface area (Å²) in [6.07, 6.45) is 3.06. The minimum atomic E-state index is 0. The third-order valence-electron chi connectivity index (χ3n) is 5.66. The third kappa shape index (κ3) is 7.78. The standard InChI is InChI=1S/C25H35N5O.HI/c1-26-25(28-15-12-20-8-6-11-22(18-20)24(31)29(2)3)27-14-7-16-30-17-13-21-9-4-5-10-23(21)19-30;/h4-6,8-11,18H,7,12-17,19H2,1-3H3,(H2,26,27,28);1H. The van der Waals surface area contributed by atoms with Crippen molar-refractivity contribution in [1.29, 1.82) is 0 Å². The van der Waals surface area contributed by atoms with Gasteiger partial charge in [-0.15, -0.1) is 24.0 Å². The Hall–Kier alpha value is -2.13. The SMILES string of the molecule is CN=C(NCCCN1CCc2ccccc2C1)NCCc1cccc(C(=O)N(C)C)c1.I. The Kier molecular flexibility index (Phi) is 11.0. The van der Waals surface area contributed by atoms with Gasteiger partial charge in [-0.25, -0.2) is 0 Å². The molecule has 3 rings (SSSR count). The van der Waals surface area contributed by atoms with Gasteiger partial charge in [0.2, 0.25) is 0 Å². The fourth-order valence-corrected chi connectivity index (χ4v) is 3.92. The second-order valence-electron chi connectivity index (χ2n) is 8.22. The molecule has 0 spiro atoms. The quantitative estimate of drug-likeness (QED) is 0.230. The molecule has 1 aliphatic rings. The van der Waals surface area contributed by atoms with Gasteiger partial charge in [0.1, 0.15) is 0 Å². The van der Waals surface area contributed by atoms with Crippen molar-refractivity contribution in [2.75, 3.05) is 47.3 Å². The Bertz CT molecular complexity index is 899. The minimum absolute atomic E-state index is 0. The van der Waals surface area contributed by atoms with Crippen LogP contribution < -0.4 is 10.6 Å². The number of aliphatic imine (C=N–C) groups is 1. The van der Waals surface area contributed by atoms with E-state index >= 15 is 0 Å². The van der Waals surface area contributed by atoms with Gasteiger partial charge in [0.25, 0.3) is 5.91 Å². The van der Waals surface area contributed by atoms with Crippen LogP contribution in [0.15, 0.2) is 53.5 Å². The summed E-state index contributed by atoms with van der Waals surface area (Å²) < 4.78 is 0. The van der Waals surface area contributed by atoms with Gasteiger partial charge in [-0.3, -0.25) is 14.7 Å². The maximum Gasteiger partial charge on any atom is 0.253 e. The third-order valence-corrected chi connectivity index (χ3v) is 5.66. The maximum atomic E-state index is 12.1. The summed E-state index contributed by atoms with van der Waals surface area (Å²) in [5, 5.41) is 6.78. The van der Waals surface area contributed by atoms with Crippen molar-refractivity contribution in [2.24, 2.45) is 4.99 Å². The number of rotatable bonds is 8. The first-order chi connectivity index (χ1) is 15.1. The molecule has 2 aromatic carbocycles. The molecule has 6 nitrogen and oxygen atoms in total. The molecule has 0 aromatic heterocycles. The van der Waals surface area contributed by atoms with Crippen LogP contribution in [0, 0.1) is 0 Å². The van der Waals surface area contributed by atoms with E-state index in [4.69, 9.17) is 0 Å². The molecule has 0 aliphatic carbocycles. The van der Waals surface area contributed by atoms with E-state index in [2.05, 4.69) is 50.9 Å². The minimum Gasteiger partial charge on any atom is -0.356 e. The zero-order valence-corrected chi connectivity index (χ0v) is 21.8. The number of nitrogens with one attached hydrogen (secondary N) is 2.